The second-order valence-electron chi connectivity index (χ2n) is 9.72. The van der Waals surface area contributed by atoms with E-state index in [2.05, 4.69) is 10.4 Å². The van der Waals surface area contributed by atoms with Crippen LogP contribution in [0, 0.1) is 19.3 Å². The molecule has 2 aromatic carbocycles. The number of para-hydroxylation sites is 1. The van der Waals surface area contributed by atoms with Gasteiger partial charge in [-0.05, 0) is 48.1 Å². The summed E-state index contributed by atoms with van der Waals surface area (Å²) >= 11 is 0. The number of hydrogen-bond donors (Lipinski definition) is 3. The highest BCUT2D eigenvalue weighted by atomic mass is 16.5. The molecule has 0 aliphatic carbocycles. The van der Waals surface area contributed by atoms with E-state index in [1.165, 1.54) is 10.7 Å². The lowest BCUT2D eigenvalue weighted by Crippen LogP contribution is -2.32. The van der Waals surface area contributed by atoms with E-state index in [1.807, 2.05) is 83.1 Å². The van der Waals surface area contributed by atoms with Crippen molar-refractivity contribution in [3.8, 4) is 11.6 Å². The van der Waals surface area contributed by atoms with Crippen LogP contribution in [-0.2, 0) is 4.79 Å². The van der Waals surface area contributed by atoms with Gasteiger partial charge < -0.3 is 20.3 Å². The fraction of sp³-hybridized carbons (Fsp3) is 0.370. The van der Waals surface area contributed by atoms with Crippen LogP contribution in [0.5, 0.6) is 5.88 Å². The third-order valence-electron chi connectivity index (χ3n) is 6.00. The molecular formula is C27H33N3O5. The van der Waals surface area contributed by atoms with Crippen LogP contribution in [0.4, 0.5) is 0 Å². The maximum absolute atomic E-state index is 13.2. The number of carbonyl (C=O) groups is 2. The predicted molar refractivity (Wildman–Crippen MR) is 133 cm³/mol. The number of carboxylic acids is 1. The number of ether oxygens (including phenoxy) is 1. The van der Waals surface area contributed by atoms with Gasteiger partial charge in [0.1, 0.15) is 6.61 Å². The second-order valence-corrected chi connectivity index (χ2v) is 9.72. The van der Waals surface area contributed by atoms with Crippen LogP contribution >= 0.6 is 0 Å². The molecule has 0 saturated heterocycles. The number of hydrogen-bond acceptors (Lipinski definition) is 5. The average molecular weight is 480 g/mol. The SMILES string of the molecule is Cc1cccc([C@H](CC(=O)O)NC(=O)c2cc(OC[C@H](O)C(C)(C)C)n(-c3ccccc3)n2)c1C. The Bertz CT molecular complexity index is 1180. The molecule has 0 aliphatic heterocycles. The van der Waals surface area contributed by atoms with Crippen molar-refractivity contribution in [3.05, 3.63) is 77.0 Å². The number of benzene rings is 2. The standard InChI is InChI=1S/C27H33N3O5/c1-17-10-9-13-20(18(17)2)21(15-25(32)33)28-26(34)22-14-24(35-16-23(31)27(3,4)5)30(29-22)19-11-7-6-8-12-19/h6-14,21,23,31H,15-16H2,1-5H3,(H,28,34)(H,32,33)/t21-,23-/m0/s1. The first-order valence-corrected chi connectivity index (χ1v) is 11.5. The highest BCUT2D eigenvalue weighted by Crippen LogP contribution is 2.26. The summed E-state index contributed by atoms with van der Waals surface area (Å²) in [6, 6.07) is 15.6. The van der Waals surface area contributed by atoms with Crippen molar-refractivity contribution in [2.45, 2.75) is 53.2 Å². The van der Waals surface area contributed by atoms with Crippen molar-refractivity contribution < 1.29 is 24.5 Å². The highest BCUT2D eigenvalue weighted by Gasteiger charge is 2.26. The summed E-state index contributed by atoms with van der Waals surface area (Å²) < 4.78 is 7.37. The molecule has 3 aromatic rings. The van der Waals surface area contributed by atoms with E-state index in [4.69, 9.17) is 4.74 Å². The lowest BCUT2D eigenvalue weighted by atomic mass is 9.90. The summed E-state index contributed by atoms with van der Waals surface area (Å²) in [5.41, 5.74) is 3.06. The molecule has 0 aliphatic rings. The van der Waals surface area contributed by atoms with Gasteiger partial charge in [0.25, 0.3) is 5.91 Å². The van der Waals surface area contributed by atoms with Crippen LogP contribution in [0.15, 0.2) is 54.6 Å². The molecule has 0 unspecified atom stereocenters. The Morgan fingerprint density at radius 3 is 2.40 bits per heavy atom. The Kier molecular flexibility index (Phi) is 7.96. The van der Waals surface area contributed by atoms with Crippen LogP contribution in [-0.4, -0.2) is 44.6 Å². The second kappa shape index (κ2) is 10.7. The minimum atomic E-state index is -1.02. The molecule has 8 heteroatoms. The molecule has 2 atom stereocenters. The van der Waals surface area contributed by atoms with Crippen LogP contribution in [0.1, 0.15) is 60.4 Å². The number of aromatic nitrogens is 2. The molecule has 1 amide bonds. The third-order valence-corrected chi connectivity index (χ3v) is 6.00. The maximum atomic E-state index is 13.2. The zero-order chi connectivity index (χ0) is 25.8. The minimum absolute atomic E-state index is 0.0210. The number of aryl methyl sites for hydroxylation is 1. The van der Waals surface area contributed by atoms with Crippen molar-refractivity contribution >= 4 is 11.9 Å². The number of aliphatic hydroxyl groups is 1. The molecule has 0 fully saturated rings. The van der Waals surface area contributed by atoms with Gasteiger partial charge in [0.2, 0.25) is 5.88 Å². The molecule has 1 aromatic heterocycles. The Labute approximate surface area is 205 Å². The molecule has 8 nitrogen and oxygen atoms in total. The highest BCUT2D eigenvalue weighted by molar-refractivity contribution is 5.93. The van der Waals surface area contributed by atoms with Crippen molar-refractivity contribution in [1.82, 2.24) is 15.1 Å². The monoisotopic (exact) mass is 479 g/mol. The molecule has 0 bridgehead atoms. The Hall–Kier alpha value is -3.65. The number of aliphatic carboxylic acids is 1. The topological polar surface area (TPSA) is 114 Å². The summed E-state index contributed by atoms with van der Waals surface area (Å²) in [5.74, 6) is -1.24. The number of aliphatic hydroxyl groups excluding tert-OH is 1. The van der Waals surface area contributed by atoms with E-state index >= 15 is 0 Å². The van der Waals surface area contributed by atoms with E-state index in [0.29, 0.717) is 11.6 Å². The van der Waals surface area contributed by atoms with Crippen LogP contribution < -0.4 is 10.1 Å². The predicted octanol–water partition coefficient (Wildman–Crippen LogP) is 4.22. The molecule has 3 N–H and O–H groups in total. The van der Waals surface area contributed by atoms with Crippen LogP contribution in [0.25, 0.3) is 5.69 Å². The zero-order valence-electron chi connectivity index (χ0n) is 20.8. The van der Waals surface area contributed by atoms with E-state index in [9.17, 15) is 19.8 Å². The van der Waals surface area contributed by atoms with Gasteiger partial charge in [-0.1, -0.05) is 57.2 Å². The van der Waals surface area contributed by atoms with E-state index in [0.717, 1.165) is 16.7 Å². The van der Waals surface area contributed by atoms with Crippen molar-refractivity contribution in [1.29, 1.82) is 0 Å². The van der Waals surface area contributed by atoms with Crippen molar-refractivity contribution in [2.75, 3.05) is 6.61 Å². The Balaban J connectivity index is 1.92. The van der Waals surface area contributed by atoms with Gasteiger partial charge >= 0.3 is 5.97 Å². The quantitative estimate of drug-likeness (QED) is 0.423. The van der Waals surface area contributed by atoms with E-state index in [1.54, 1.807) is 0 Å². The van der Waals surface area contributed by atoms with E-state index < -0.39 is 24.0 Å². The summed E-state index contributed by atoms with van der Waals surface area (Å²) in [7, 11) is 0. The molecule has 0 spiro atoms. The minimum Gasteiger partial charge on any atom is -0.481 e. The number of rotatable bonds is 9. The molecule has 3 rings (SSSR count). The Morgan fingerprint density at radius 1 is 1.09 bits per heavy atom. The van der Waals surface area contributed by atoms with Crippen molar-refractivity contribution in [3.63, 3.8) is 0 Å². The van der Waals surface area contributed by atoms with Crippen molar-refractivity contribution in [2.24, 2.45) is 5.41 Å². The number of amides is 1. The fourth-order valence-corrected chi connectivity index (χ4v) is 3.54. The van der Waals surface area contributed by atoms with Crippen LogP contribution in [0.3, 0.4) is 0 Å². The van der Waals surface area contributed by atoms with E-state index in [-0.39, 0.29) is 24.1 Å². The smallest absolute Gasteiger partial charge is 0.305 e. The number of nitrogens with zero attached hydrogens (tertiary/aromatic N) is 2. The molecule has 1 heterocycles. The maximum Gasteiger partial charge on any atom is 0.305 e. The van der Waals surface area contributed by atoms with Gasteiger partial charge in [-0.25, -0.2) is 4.68 Å². The molecule has 0 radical (unpaired) electrons. The normalized spacial score (nSPS) is 13.2. The first kappa shape index (κ1) is 26.0. The Morgan fingerprint density at radius 2 is 1.77 bits per heavy atom. The van der Waals surface area contributed by atoms with Gasteiger partial charge in [-0.2, -0.15) is 5.10 Å². The number of nitrogens with one attached hydrogen (secondary N) is 1. The third kappa shape index (κ3) is 6.48. The zero-order valence-corrected chi connectivity index (χ0v) is 20.8. The van der Waals surface area contributed by atoms with Gasteiger partial charge in [-0.3, -0.25) is 9.59 Å². The van der Waals surface area contributed by atoms with Gasteiger partial charge in [0.15, 0.2) is 5.69 Å². The molecular weight excluding hydrogens is 446 g/mol. The summed E-state index contributed by atoms with van der Waals surface area (Å²) in [6.45, 7) is 9.59. The molecule has 0 saturated carbocycles. The summed E-state index contributed by atoms with van der Waals surface area (Å²) in [4.78, 5) is 24.8. The first-order valence-electron chi connectivity index (χ1n) is 11.5. The summed E-state index contributed by atoms with van der Waals surface area (Å²) in [5, 5.41) is 27.1. The van der Waals surface area contributed by atoms with Gasteiger partial charge in [0.05, 0.1) is 24.3 Å². The summed E-state index contributed by atoms with van der Waals surface area (Å²) in [6.07, 6.45) is -1.00. The van der Waals surface area contributed by atoms with Gasteiger partial charge in [0, 0.05) is 6.07 Å². The lowest BCUT2D eigenvalue weighted by molar-refractivity contribution is -0.137. The van der Waals surface area contributed by atoms with Gasteiger partial charge in [-0.15, -0.1) is 0 Å². The number of carboxylic acid groups (broad SMARTS) is 1. The molecule has 186 valence electrons. The van der Waals surface area contributed by atoms with Crippen LogP contribution in [0.2, 0.25) is 0 Å². The average Bonchev–Trinajstić information content (AvgIpc) is 3.23. The largest absolute Gasteiger partial charge is 0.481 e. The first-order chi connectivity index (χ1) is 16.5. The molecule has 35 heavy (non-hydrogen) atoms. The number of carbonyl (C=O) groups excluding carboxylic acids is 1. The lowest BCUT2D eigenvalue weighted by Gasteiger charge is -2.25. The fourth-order valence-electron chi connectivity index (χ4n) is 3.54.